The number of aliphatic carboxylic acids is 1. The van der Waals surface area contributed by atoms with Gasteiger partial charge in [0.05, 0.1) is 6.42 Å². The van der Waals surface area contributed by atoms with Crippen LogP contribution in [0.1, 0.15) is 24.6 Å². The summed E-state index contributed by atoms with van der Waals surface area (Å²) in [6, 6.07) is 0. The standard InChI is InChI=1S/C10H14N2O4/c13-10(14)2-1-9-11-8(12-16-9)5-7-3-4-15-6-7/h7H,1-6H2,(H,13,14). The van der Waals surface area contributed by atoms with Gasteiger partial charge in [-0.3, -0.25) is 4.79 Å². The van der Waals surface area contributed by atoms with Crippen LogP contribution in [0.15, 0.2) is 4.52 Å². The summed E-state index contributed by atoms with van der Waals surface area (Å²) in [5.74, 6) is 0.654. The first-order valence-electron chi connectivity index (χ1n) is 5.35. The predicted molar refractivity (Wildman–Crippen MR) is 52.9 cm³/mol. The van der Waals surface area contributed by atoms with Crippen LogP contribution in [0.2, 0.25) is 0 Å². The molecule has 88 valence electrons. The highest BCUT2D eigenvalue weighted by Gasteiger charge is 2.19. The molecule has 1 fully saturated rings. The lowest BCUT2D eigenvalue weighted by Gasteiger charge is -2.00. The number of hydrogen-bond donors (Lipinski definition) is 1. The van der Waals surface area contributed by atoms with Crippen molar-refractivity contribution in [2.45, 2.75) is 25.7 Å². The van der Waals surface area contributed by atoms with Crippen LogP contribution in [0.4, 0.5) is 0 Å². The summed E-state index contributed by atoms with van der Waals surface area (Å²) in [7, 11) is 0. The van der Waals surface area contributed by atoms with Crippen LogP contribution in [0.5, 0.6) is 0 Å². The molecule has 0 saturated carbocycles. The molecule has 1 aliphatic heterocycles. The highest BCUT2D eigenvalue weighted by atomic mass is 16.5. The van der Waals surface area contributed by atoms with Crippen LogP contribution in [0.25, 0.3) is 0 Å². The largest absolute Gasteiger partial charge is 0.481 e. The van der Waals surface area contributed by atoms with Gasteiger partial charge in [0.25, 0.3) is 0 Å². The third-order valence-corrected chi connectivity index (χ3v) is 2.56. The number of aromatic nitrogens is 2. The van der Waals surface area contributed by atoms with Crippen molar-refractivity contribution < 1.29 is 19.2 Å². The Bertz CT molecular complexity index is 357. The van der Waals surface area contributed by atoms with E-state index in [2.05, 4.69) is 10.1 Å². The number of ether oxygens (including phenoxy) is 1. The van der Waals surface area contributed by atoms with Crippen molar-refractivity contribution in [3.05, 3.63) is 11.7 Å². The molecule has 1 saturated heterocycles. The van der Waals surface area contributed by atoms with Gasteiger partial charge in [0.15, 0.2) is 5.82 Å². The van der Waals surface area contributed by atoms with Crippen molar-refractivity contribution in [3.8, 4) is 0 Å². The van der Waals surface area contributed by atoms with Gasteiger partial charge >= 0.3 is 5.97 Å². The van der Waals surface area contributed by atoms with Crippen molar-refractivity contribution in [1.82, 2.24) is 10.1 Å². The SMILES string of the molecule is O=C(O)CCc1nc(CC2CCOC2)no1. The molecule has 1 atom stereocenters. The van der Waals surface area contributed by atoms with Gasteiger partial charge in [-0.2, -0.15) is 4.98 Å². The third kappa shape index (κ3) is 3.03. The van der Waals surface area contributed by atoms with E-state index in [1.807, 2.05) is 0 Å². The van der Waals surface area contributed by atoms with Crippen LogP contribution in [0, 0.1) is 5.92 Å². The van der Waals surface area contributed by atoms with E-state index in [0.717, 1.165) is 26.1 Å². The highest BCUT2D eigenvalue weighted by molar-refractivity contribution is 5.66. The molecular formula is C10H14N2O4. The number of carboxylic acids is 1. The van der Waals surface area contributed by atoms with Crippen LogP contribution in [0.3, 0.4) is 0 Å². The molecule has 0 spiro atoms. The molecule has 0 bridgehead atoms. The Morgan fingerprint density at radius 3 is 3.12 bits per heavy atom. The Balaban J connectivity index is 1.84. The minimum Gasteiger partial charge on any atom is -0.481 e. The average Bonchev–Trinajstić information content (AvgIpc) is 2.87. The Hall–Kier alpha value is -1.43. The van der Waals surface area contributed by atoms with Crippen LogP contribution >= 0.6 is 0 Å². The summed E-state index contributed by atoms with van der Waals surface area (Å²) in [4.78, 5) is 14.5. The van der Waals surface area contributed by atoms with E-state index >= 15 is 0 Å². The molecule has 0 aromatic carbocycles. The predicted octanol–water partition coefficient (Wildman–Crippen LogP) is 0.666. The smallest absolute Gasteiger partial charge is 0.303 e. The summed E-state index contributed by atoms with van der Waals surface area (Å²) < 4.78 is 10.2. The fraction of sp³-hybridized carbons (Fsp3) is 0.700. The molecule has 0 amide bonds. The second kappa shape index (κ2) is 5.07. The molecule has 1 unspecified atom stereocenters. The summed E-state index contributed by atoms with van der Waals surface area (Å²) in [6.45, 7) is 1.55. The maximum absolute atomic E-state index is 10.4. The van der Waals surface area contributed by atoms with E-state index in [1.54, 1.807) is 0 Å². The van der Waals surface area contributed by atoms with Gasteiger partial charge in [-0.25, -0.2) is 0 Å². The second-order valence-electron chi connectivity index (χ2n) is 3.93. The molecule has 0 radical (unpaired) electrons. The van der Waals surface area contributed by atoms with Crippen molar-refractivity contribution >= 4 is 5.97 Å². The summed E-state index contributed by atoms with van der Waals surface area (Å²) >= 11 is 0. The number of carboxylic acid groups (broad SMARTS) is 1. The lowest BCUT2D eigenvalue weighted by molar-refractivity contribution is -0.137. The molecule has 16 heavy (non-hydrogen) atoms. The summed E-state index contributed by atoms with van der Waals surface area (Å²) in [6.07, 6.45) is 2.09. The Kier molecular flexibility index (Phi) is 3.51. The first-order chi connectivity index (χ1) is 7.74. The normalized spacial score (nSPS) is 20.1. The second-order valence-corrected chi connectivity index (χ2v) is 3.93. The Morgan fingerprint density at radius 1 is 1.56 bits per heavy atom. The van der Waals surface area contributed by atoms with E-state index in [9.17, 15) is 4.79 Å². The number of aryl methyl sites for hydroxylation is 1. The van der Waals surface area contributed by atoms with Gasteiger partial charge in [0.1, 0.15) is 0 Å². The highest BCUT2D eigenvalue weighted by Crippen LogP contribution is 2.16. The van der Waals surface area contributed by atoms with Crippen LogP contribution < -0.4 is 0 Å². The van der Waals surface area contributed by atoms with E-state index in [0.29, 0.717) is 24.1 Å². The maximum Gasteiger partial charge on any atom is 0.303 e. The molecular weight excluding hydrogens is 212 g/mol. The first-order valence-corrected chi connectivity index (χ1v) is 5.35. The van der Waals surface area contributed by atoms with Crippen LogP contribution in [-0.2, 0) is 22.4 Å². The van der Waals surface area contributed by atoms with Gasteiger partial charge in [0.2, 0.25) is 5.89 Å². The van der Waals surface area contributed by atoms with Crippen molar-refractivity contribution in [1.29, 1.82) is 0 Å². The Labute approximate surface area is 92.6 Å². The molecule has 1 aromatic rings. The number of rotatable bonds is 5. The van der Waals surface area contributed by atoms with Crippen molar-refractivity contribution in [2.24, 2.45) is 5.92 Å². The average molecular weight is 226 g/mol. The van der Waals surface area contributed by atoms with E-state index in [1.165, 1.54) is 0 Å². The summed E-state index contributed by atoms with van der Waals surface area (Å²) in [5.41, 5.74) is 0. The first kappa shape index (κ1) is 11.1. The van der Waals surface area contributed by atoms with Crippen molar-refractivity contribution in [3.63, 3.8) is 0 Å². The fourth-order valence-electron chi connectivity index (χ4n) is 1.69. The van der Waals surface area contributed by atoms with Gasteiger partial charge in [-0.15, -0.1) is 0 Å². The van der Waals surface area contributed by atoms with E-state index < -0.39 is 5.97 Å². The lowest BCUT2D eigenvalue weighted by atomic mass is 10.1. The third-order valence-electron chi connectivity index (χ3n) is 2.56. The maximum atomic E-state index is 10.4. The van der Waals surface area contributed by atoms with E-state index in [4.69, 9.17) is 14.4 Å². The quantitative estimate of drug-likeness (QED) is 0.794. The fourth-order valence-corrected chi connectivity index (χ4v) is 1.69. The van der Waals surface area contributed by atoms with Gasteiger partial charge < -0.3 is 14.4 Å². The monoisotopic (exact) mass is 226 g/mol. The number of carbonyl (C=O) groups is 1. The summed E-state index contributed by atoms with van der Waals surface area (Å²) in [5, 5.41) is 12.3. The zero-order valence-corrected chi connectivity index (χ0v) is 8.89. The molecule has 1 aromatic heterocycles. The number of nitrogens with zero attached hydrogens (tertiary/aromatic N) is 2. The molecule has 0 aliphatic carbocycles. The van der Waals surface area contributed by atoms with Crippen molar-refractivity contribution in [2.75, 3.05) is 13.2 Å². The molecule has 1 N–H and O–H groups in total. The minimum atomic E-state index is -0.857. The van der Waals surface area contributed by atoms with Gasteiger partial charge in [-0.05, 0) is 12.3 Å². The lowest BCUT2D eigenvalue weighted by Crippen LogP contribution is -2.05. The molecule has 2 rings (SSSR count). The minimum absolute atomic E-state index is 0.0220. The van der Waals surface area contributed by atoms with Gasteiger partial charge in [-0.1, -0.05) is 5.16 Å². The van der Waals surface area contributed by atoms with E-state index in [-0.39, 0.29) is 6.42 Å². The number of hydrogen-bond acceptors (Lipinski definition) is 5. The zero-order valence-electron chi connectivity index (χ0n) is 8.89. The molecule has 1 aliphatic rings. The van der Waals surface area contributed by atoms with Gasteiger partial charge in [0, 0.05) is 26.1 Å². The Morgan fingerprint density at radius 2 is 2.44 bits per heavy atom. The molecule has 2 heterocycles. The topological polar surface area (TPSA) is 85.5 Å². The van der Waals surface area contributed by atoms with Crippen LogP contribution in [-0.4, -0.2) is 34.4 Å². The molecule has 6 nitrogen and oxygen atoms in total. The zero-order chi connectivity index (χ0) is 11.4. The molecule has 6 heteroatoms.